The summed E-state index contributed by atoms with van der Waals surface area (Å²) in [5.41, 5.74) is 2.79. The molecule has 0 saturated heterocycles. The molecular formula is C12H15N3O2. The molecule has 2 rings (SSSR count). The van der Waals surface area contributed by atoms with Crippen LogP contribution >= 0.6 is 0 Å². The average molecular weight is 233 g/mol. The predicted octanol–water partition coefficient (Wildman–Crippen LogP) is 1.21. The van der Waals surface area contributed by atoms with Gasteiger partial charge in [-0.3, -0.25) is 10.1 Å². The van der Waals surface area contributed by atoms with E-state index >= 15 is 0 Å². The Bertz CT molecular complexity index is 548. The summed E-state index contributed by atoms with van der Waals surface area (Å²) in [4.78, 5) is 15.1. The quantitative estimate of drug-likeness (QED) is 0.833. The maximum absolute atomic E-state index is 10.7. The highest BCUT2D eigenvalue weighted by Gasteiger charge is 2.13. The second-order valence-electron chi connectivity index (χ2n) is 4.01. The molecule has 0 amide bonds. The van der Waals surface area contributed by atoms with Gasteiger partial charge in [0, 0.05) is 12.7 Å². The average Bonchev–Trinajstić information content (AvgIpc) is 2.61. The van der Waals surface area contributed by atoms with Gasteiger partial charge in [0.15, 0.2) is 0 Å². The van der Waals surface area contributed by atoms with Crippen molar-refractivity contribution in [2.24, 2.45) is 0 Å². The third-order valence-electron chi connectivity index (χ3n) is 2.78. The molecule has 2 aromatic rings. The molecular weight excluding hydrogens is 218 g/mol. The van der Waals surface area contributed by atoms with Crippen LogP contribution < -0.4 is 5.32 Å². The van der Waals surface area contributed by atoms with E-state index in [-0.39, 0.29) is 0 Å². The lowest BCUT2D eigenvalue weighted by molar-refractivity contribution is -0.139. The Hall–Kier alpha value is -1.88. The summed E-state index contributed by atoms with van der Waals surface area (Å²) in [6.45, 7) is 4.04. The fraction of sp³-hybridized carbons (Fsp3) is 0.333. The molecule has 2 N–H and O–H groups in total. The van der Waals surface area contributed by atoms with Crippen LogP contribution in [0.2, 0.25) is 0 Å². The van der Waals surface area contributed by atoms with E-state index in [0.717, 1.165) is 17.0 Å². The molecule has 5 heteroatoms. The van der Waals surface area contributed by atoms with Gasteiger partial charge in [0.25, 0.3) is 0 Å². The number of carbonyl (C=O) groups is 1. The highest BCUT2D eigenvalue weighted by atomic mass is 16.4. The number of nitrogens with zero attached hydrogens (tertiary/aromatic N) is 2. The Kier molecular flexibility index (Phi) is 3.10. The number of rotatable bonds is 4. The number of aliphatic carboxylic acids is 1. The van der Waals surface area contributed by atoms with E-state index in [2.05, 4.69) is 10.3 Å². The summed E-state index contributed by atoms with van der Waals surface area (Å²) < 4.78 is 1.97. The fourth-order valence-electron chi connectivity index (χ4n) is 1.71. The molecule has 90 valence electrons. The van der Waals surface area contributed by atoms with Crippen molar-refractivity contribution in [3.05, 3.63) is 35.8 Å². The third kappa shape index (κ3) is 2.29. The van der Waals surface area contributed by atoms with E-state index < -0.39 is 12.0 Å². The van der Waals surface area contributed by atoms with E-state index in [9.17, 15) is 4.79 Å². The number of aryl methyl sites for hydroxylation is 1. The van der Waals surface area contributed by atoms with Gasteiger partial charge in [-0.2, -0.15) is 0 Å². The zero-order chi connectivity index (χ0) is 12.4. The van der Waals surface area contributed by atoms with Crippen LogP contribution in [-0.2, 0) is 11.3 Å². The summed E-state index contributed by atoms with van der Waals surface area (Å²) in [5, 5.41) is 11.8. The first-order valence-corrected chi connectivity index (χ1v) is 5.48. The molecule has 0 aliphatic carbocycles. The Morgan fingerprint density at radius 2 is 2.35 bits per heavy atom. The number of hydrogen-bond donors (Lipinski definition) is 2. The molecule has 0 spiro atoms. The Balaban J connectivity index is 2.23. The maximum atomic E-state index is 10.7. The summed E-state index contributed by atoms with van der Waals surface area (Å²) in [5.74, 6) is -0.850. The summed E-state index contributed by atoms with van der Waals surface area (Å²) in [6, 6.07) is 5.22. The summed E-state index contributed by atoms with van der Waals surface area (Å²) in [7, 11) is 0. The smallest absolute Gasteiger partial charge is 0.320 e. The number of aromatic nitrogens is 2. The zero-order valence-corrected chi connectivity index (χ0v) is 9.84. The van der Waals surface area contributed by atoms with Crippen LogP contribution in [0.1, 0.15) is 18.3 Å². The van der Waals surface area contributed by atoms with Crippen LogP contribution in [0.5, 0.6) is 0 Å². The van der Waals surface area contributed by atoms with Crippen molar-refractivity contribution in [3.8, 4) is 0 Å². The second-order valence-corrected chi connectivity index (χ2v) is 4.01. The van der Waals surface area contributed by atoms with Crippen molar-refractivity contribution < 1.29 is 9.90 Å². The minimum atomic E-state index is -0.850. The van der Waals surface area contributed by atoms with Crippen molar-refractivity contribution in [3.63, 3.8) is 0 Å². The van der Waals surface area contributed by atoms with E-state index in [1.165, 1.54) is 0 Å². The van der Waals surface area contributed by atoms with Gasteiger partial charge in [-0.15, -0.1) is 0 Å². The van der Waals surface area contributed by atoms with Crippen molar-refractivity contribution in [2.45, 2.75) is 26.4 Å². The summed E-state index contributed by atoms with van der Waals surface area (Å²) >= 11 is 0. The van der Waals surface area contributed by atoms with Crippen LogP contribution in [0.4, 0.5) is 0 Å². The highest BCUT2D eigenvalue weighted by Crippen LogP contribution is 2.11. The van der Waals surface area contributed by atoms with Crippen LogP contribution in [-0.4, -0.2) is 26.5 Å². The van der Waals surface area contributed by atoms with Crippen molar-refractivity contribution >= 4 is 11.6 Å². The van der Waals surface area contributed by atoms with Crippen LogP contribution in [0, 0.1) is 6.92 Å². The predicted molar refractivity (Wildman–Crippen MR) is 63.9 cm³/mol. The number of pyridine rings is 1. The maximum Gasteiger partial charge on any atom is 0.320 e. The molecule has 1 atom stereocenters. The van der Waals surface area contributed by atoms with Gasteiger partial charge in [-0.25, -0.2) is 4.98 Å². The largest absolute Gasteiger partial charge is 0.480 e. The lowest BCUT2D eigenvalue weighted by Gasteiger charge is -2.09. The number of hydrogen-bond acceptors (Lipinski definition) is 3. The van der Waals surface area contributed by atoms with E-state index in [4.69, 9.17) is 5.11 Å². The van der Waals surface area contributed by atoms with Gasteiger partial charge < -0.3 is 9.51 Å². The van der Waals surface area contributed by atoms with E-state index in [1.807, 2.05) is 35.7 Å². The first kappa shape index (κ1) is 11.6. The number of carboxylic acid groups (broad SMARTS) is 1. The minimum absolute atomic E-state index is 0.491. The van der Waals surface area contributed by atoms with Gasteiger partial charge in [0.2, 0.25) is 0 Å². The molecule has 2 aromatic heterocycles. The molecule has 5 nitrogen and oxygen atoms in total. The molecule has 0 fully saturated rings. The summed E-state index contributed by atoms with van der Waals surface area (Å²) in [6.07, 6.45) is 1.93. The lowest BCUT2D eigenvalue weighted by atomic mass is 10.3. The van der Waals surface area contributed by atoms with Gasteiger partial charge in [-0.1, -0.05) is 6.07 Å². The number of imidazole rings is 1. The molecule has 17 heavy (non-hydrogen) atoms. The number of nitrogens with one attached hydrogen (secondary N) is 1. The Morgan fingerprint density at radius 3 is 3.06 bits per heavy atom. The number of fused-ring (bicyclic) bond motifs is 1. The highest BCUT2D eigenvalue weighted by molar-refractivity contribution is 5.72. The second kappa shape index (κ2) is 4.55. The molecule has 0 aliphatic rings. The van der Waals surface area contributed by atoms with Crippen molar-refractivity contribution in [1.29, 1.82) is 0 Å². The van der Waals surface area contributed by atoms with E-state index in [0.29, 0.717) is 6.54 Å². The van der Waals surface area contributed by atoms with Gasteiger partial charge in [-0.05, 0) is 26.0 Å². The molecule has 0 aliphatic heterocycles. The first-order valence-electron chi connectivity index (χ1n) is 5.48. The normalized spacial score (nSPS) is 12.8. The topological polar surface area (TPSA) is 66.6 Å². The molecule has 0 unspecified atom stereocenters. The first-order chi connectivity index (χ1) is 8.09. The Labute approximate surface area is 99.1 Å². The minimum Gasteiger partial charge on any atom is -0.480 e. The zero-order valence-electron chi connectivity index (χ0n) is 9.84. The van der Waals surface area contributed by atoms with Crippen molar-refractivity contribution in [2.75, 3.05) is 0 Å². The number of carboxylic acids is 1. The monoisotopic (exact) mass is 233 g/mol. The van der Waals surface area contributed by atoms with Crippen LogP contribution in [0.3, 0.4) is 0 Å². The van der Waals surface area contributed by atoms with Crippen LogP contribution in [0.15, 0.2) is 24.4 Å². The SMILES string of the molecule is Cc1nc2ccccn2c1CN[C@H](C)C(=O)O. The molecule has 0 aromatic carbocycles. The molecule has 0 radical (unpaired) electrons. The van der Waals surface area contributed by atoms with Crippen molar-refractivity contribution in [1.82, 2.24) is 14.7 Å². The van der Waals surface area contributed by atoms with E-state index in [1.54, 1.807) is 6.92 Å². The Morgan fingerprint density at radius 1 is 1.59 bits per heavy atom. The lowest BCUT2D eigenvalue weighted by Crippen LogP contribution is -2.33. The van der Waals surface area contributed by atoms with Gasteiger partial charge in [0.05, 0.1) is 11.4 Å². The van der Waals surface area contributed by atoms with Crippen LogP contribution in [0.25, 0.3) is 5.65 Å². The molecule has 0 saturated carbocycles. The standard InChI is InChI=1S/C12H15N3O2/c1-8-10(7-13-9(2)12(16)17)15-6-4-3-5-11(15)14-8/h3-6,9,13H,7H2,1-2H3,(H,16,17)/t9-/m1/s1. The molecule has 0 bridgehead atoms. The van der Waals surface area contributed by atoms with Gasteiger partial charge >= 0.3 is 5.97 Å². The molecule has 2 heterocycles. The fourth-order valence-corrected chi connectivity index (χ4v) is 1.71. The third-order valence-corrected chi connectivity index (χ3v) is 2.78. The van der Waals surface area contributed by atoms with Gasteiger partial charge in [0.1, 0.15) is 11.7 Å².